The summed E-state index contributed by atoms with van der Waals surface area (Å²) in [5.74, 6) is 0.937. The molecule has 0 aliphatic heterocycles. The molecule has 1 atom stereocenters. The van der Waals surface area contributed by atoms with E-state index in [0.29, 0.717) is 5.41 Å². The average molecular weight is 232 g/mol. The second-order valence-electron chi connectivity index (χ2n) is 6.89. The zero-order chi connectivity index (χ0) is 12.2. The van der Waals surface area contributed by atoms with E-state index in [0.717, 1.165) is 12.3 Å². The SMILES string of the molecule is Cc1cc2c(n1CC1CC1)CC(C)(C)CC2N. The first-order chi connectivity index (χ1) is 7.96. The van der Waals surface area contributed by atoms with Crippen molar-refractivity contribution in [1.29, 1.82) is 0 Å². The van der Waals surface area contributed by atoms with E-state index in [2.05, 4.69) is 31.4 Å². The first-order valence-corrected chi connectivity index (χ1v) is 6.91. The second kappa shape index (κ2) is 3.61. The van der Waals surface area contributed by atoms with Crippen LogP contribution in [0.1, 0.15) is 56.1 Å². The molecule has 2 aliphatic rings. The van der Waals surface area contributed by atoms with Crippen LogP contribution >= 0.6 is 0 Å². The smallest absolute Gasteiger partial charge is 0.0318 e. The van der Waals surface area contributed by atoms with Gasteiger partial charge in [-0.1, -0.05) is 13.8 Å². The number of rotatable bonds is 2. The minimum absolute atomic E-state index is 0.243. The quantitative estimate of drug-likeness (QED) is 0.834. The van der Waals surface area contributed by atoms with Crippen molar-refractivity contribution < 1.29 is 0 Å². The van der Waals surface area contributed by atoms with Gasteiger partial charge in [0.15, 0.2) is 0 Å². The molecular formula is C15H24N2. The molecule has 2 aliphatic carbocycles. The minimum atomic E-state index is 0.243. The maximum absolute atomic E-state index is 6.34. The summed E-state index contributed by atoms with van der Waals surface area (Å²) >= 11 is 0. The molecule has 0 saturated heterocycles. The largest absolute Gasteiger partial charge is 0.348 e. The van der Waals surface area contributed by atoms with E-state index in [1.807, 2.05) is 0 Å². The van der Waals surface area contributed by atoms with Gasteiger partial charge in [0, 0.05) is 24.0 Å². The number of aromatic nitrogens is 1. The average Bonchev–Trinajstić information content (AvgIpc) is 2.95. The molecule has 0 spiro atoms. The van der Waals surface area contributed by atoms with Gasteiger partial charge in [-0.15, -0.1) is 0 Å². The third-order valence-electron chi connectivity index (χ3n) is 4.40. The van der Waals surface area contributed by atoms with E-state index >= 15 is 0 Å². The molecule has 1 heterocycles. The van der Waals surface area contributed by atoms with Gasteiger partial charge in [-0.05, 0) is 55.6 Å². The fourth-order valence-corrected chi connectivity index (χ4v) is 3.32. The van der Waals surface area contributed by atoms with Crippen molar-refractivity contribution in [1.82, 2.24) is 4.57 Å². The molecule has 94 valence electrons. The summed E-state index contributed by atoms with van der Waals surface area (Å²) in [5, 5.41) is 0. The molecule has 1 saturated carbocycles. The van der Waals surface area contributed by atoms with Crippen LogP contribution in [0, 0.1) is 18.3 Å². The third-order valence-corrected chi connectivity index (χ3v) is 4.40. The van der Waals surface area contributed by atoms with E-state index in [4.69, 9.17) is 5.73 Å². The minimum Gasteiger partial charge on any atom is -0.348 e. The van der Waals surface area contributed by atoms with Gasteiger partial charge < -0.3 is 10.3 Å². The molecule has 1 aromatic rings. The monoisotopic (exact) mass is 232 g/mol. The van der Waals surface area contributed by atoms with Crippen LogP contribution in [-0.2, 0) is 13.0 Å². The van der Waals surface area contributed by atoms with Gasteiger partial charge in [0.2, 0.25) is 0 Å². The number of hydrogen-bond donors (Lipinski definition) is 1. The van der Waals surface area contributed by atoms with Gasteiger partial charge in [-0.2, -0.15) is 0 Å². The third kappa shape index (κ3) is 2.03. The van der Waals surface area contributed by atoms with Crippen LogP contribution in [0.15, 0.2) is 6.07 Å². The molecule has 0 aromatic carbocycles. The summed E-state index contributed by atoms with van der Waals surface area (Å²) in [7, 11) is 0. The standard InChI is InChI=1S/C15H24N2/c1-10-6-12-13(16)7-15(2,3)8-14(12)17(10)9-11-4-5-11/h6,11,13H,4-5,7-9,16H2,1-3H3. The Kier molecular flexibility index (Phi) is 2.41. The van der Waals surface area contributed by atoms with Crippen LogP contribution in [0.2, 0.25) is 0 Å². The first kappa shape index (κ1) is 11.3. The van der Waals surface area contributed by atoms with Crippen LogP contribution in [0.25, 0.3) is 0 Å². The predicted octanol–water partition coefficient (Wildman–Crippen LogP) is 3.18. The fourth-order valence-electron chi connectivity index (χ4n) is 3.32. The fraction of sp³-hybridized carbons (Fsp3) is 0.733. The van der Waals surface area contributed by atoms with E-state index in [-0.39, 0.29) is 6.04 Å². The Morgan fingerprint density at radius 3 is 2.76 bits per heavy atom. The summed E-state index contributed by atoms with van der Waals surface area (Å²) < 4.78 is 2.55. The number of nitrogens with zero attached hydrogens (tertiary/aromatic N) is 1. The maximum atomic E-state index is 6.34. The Labute approximate surface area is 104 Å². The Morgan fingerprint density at radius 1 is 1.41 bits per heavy atom. The lowest BCUT2D eigenvalue weighted by molar-refractivity contribution is 0.274. The van der Waals surface area contributed by atoms with Gasteiger partial charge >= 0.3 is 0 Å². The highest BCUT2D eigenvalue weighted by Crippen LogP contribution is 2.42. The van der Waals surface area contributed by atoms with Crippen LogP contribution in [0.3, 0.4) is 0 Å². The normalized spacial score (nSPS) is 26.9. The van der Waals surface area contributed by atoms with Crippen LogP contribution in [-0.4, -0.2) is 4.57 Å². The number of hydrogen-bond acceptors (Lipinski definition) is 1. The molecule has 17 heavy (non-hydrogen) atoms. The van der Waals surface area contributed by atoms with Crippen LogP contribution in [0.5, 0.6) is 0 Å². The Morgan fingerprint density at radius 2 is 2.12 bits per heavy atom. The summed E-state index contributed by atoms with van der Waals surface area (Å²) in [5.41, 5.74) is 11.1. The zero-order valence-corrected chi connectivity index (χ0v) is 11.3. The lowest BCUT2D eigenvalue weighted by Gasteiger charge is -2.34. The molecule has 0 radical (unpaired) electrons. The number of aryl methyl sites for hydroxylation is 1. The van der Waals surface area contributed by atoms with Crippen LogP contribution < -0.4 is 5.73 Å². The van der Waals surface area contributed by atoms with Gasteiger partial charge in [0.1, 0.15) is 0 Å². The molecule has 1 aromatic heterocycles. The molecule has 0 amide bonds. The highest BCUT2D eigenvalue weighted by molar-refractivity contribution is 5.34. The number of nitrogens with two attached hydrogens (primary N) is 1. The van der Waals surface area contributed by atoms with Crippen molar-refractivity contribution in [2.45, 2.75) is 59.0 Å². The van der Waals surface area contributed by atoms with Crippen molar-refractivity contribution in [3.05, 3.63) is 23.0 Å². The predicted molar refractivity (Wildman–Crippen MR) is 70.9 cm³/mol. The highest BCUT2D eigenvalue weighted by atomic mass is 15.0. The van der Waals surface area contributed by atoms with E-state index in [1.165, 1.54) is 42.8 Å². The lowest BCUT2D eigenvalue weighted by Crippen LogP contribution is -2.30. The lowest BCUT2D eigenvalue weighted by atomic mass is 9.74. The second-order valence-corrected chi connectivity index (χ2v) is 6.89. The Hall–Kier alpha value is -0.760. The van der Waals surface area contributed by atoms with Gasteiger partial charge in [-0.25, -0.2) is 0 Å². The van der Waals surface area contributed by atoms with Crippen molar-refractivity contribution in [2.24, 2.45) is 17.1 Å². The molecule has 1 fully saturated rings. The molecule has 2 heteroatoms. The molecule has 0 bridgehead atoms. The van der Waals surface area contributed by atoms with Gasteiger partial charge in [-0.3, -0.25) is 0 Å². The highest BCUT2D eigenvalue weighted by Gasteiger charge is 2.34. The van der Waals surface area contributed by atoms with Crippen molar-refractivity contribution >= 4 is 0 Å². The van der Waals surface area contributed by atoms with E-state index < -0.39 is 0 Å². The first-order valence-electron chi connectivity index (χ1n) is 6.91. The Bertz CT molecular complexity index is 438. The van der Waals surface area contributed by atoms with Gasteiger partial charge in [0.05, 0.1) is 0 Å². The van der Waals surface area contributed by atoms with Crippen molar-refractivity contribution in [3.63, 3.8) is 0 Å². The molecule has 2 N–H and O–H groups in total. The molecular weight excluding hydrogens is 208 g/mol. The Balaban J connectivity index is 2.00. The summed E-state index contributed by atoms with van der Waals surface area (Å²) in [6.07, 6.45) is 5.15. The molecule has 3 rings (SSSR count). The molecule has 1 unspecified atom stereocenters. The topological polar surface area (TPSA) is 30.9 Å². The van der Waals surface area contributed by atoms with Crippen molar-refractivity contribution in [3.8, 4) is 0 Å². The van der Waals surface area contributed by atoms with Crippen LogP contribution in [0.4, 0.5) is 0 Å². The molecule has 2 nitrogen and oxygen atoms in total. The summed E-state index contributed by atoms with van der Waals surface area (Å²) in [6.45, 7) is 8.16. The summed E-state index contributed by atoms with van der Waals surface area (Å²) in [4.78, 5) is 0. The maximum Gasteiger partial charge on any atom is 0.0318 e. The van der Waals surface area contributed by atoms with E-state index in [9.17, 15) is 0 Å². The zero-order valence-electron chi connectivity index (χ0n) is 11.3. The van der Waals surface area contributed by atoms with Gasteiger partial charge in [0.25, 0.3) is 0 Å². The van der Waals surface area contributed by atoms with Crippen molar-refractivity contribution in [2.75, 3.05) is 0 Å². The van der Waals surface area contributed by atoms with E-state index in [1.54, 1.807) is 0 Å². The number of fused-ring (bicyclic) bond motifs is 1. The summed E-state index contributed by atoms with van der Waals surface area (Å²) in [6, 6.07) is 2.57.